The lowest BCUT2D eigenvalue weighted by atomic mass is 9.83. The largest absolute Gasteiger partial charge is 0.488 e. The molecule has 0 radical (unpaired) electrons. The van der Waals surface area contributed by atoms with Crippen molar-refractivity contribution in [2.45, 2.75) is 36.1 Å². The van der Waals surface area contributed by atoms with E-state index in [1.807, 2.05) is 24.3 Å². The molecular weight excluding hydrogens is 454 g/mol. The molecule has 2 aromatic rings. The normalized spacial score (nSPS) is 31.2. The Kier molecular flexibility index (Phi) is 6.92. The van der Waals surface area contributed by atoms with Gasteiger partial charge in [0.05, 0.1) is 19.4 Å². The highest BCUT2D eigenvalue weighted by Gasteiger charge is 2.67. The molecular formula is C23H26ClNO8. The van der Waals surface area contributed by atoms with Crippen LogP contribution in [0, 0.1) is 0 Å². The van der Waals surface area contributed by atoms with E-state index in [9.17, 15) is 20.4 Å². The number of nitrogens with zero attached hydrogens (tertiary/aromatic N) is 1. The van der Waals surface area contributed by atoms with E-state index in [-0.39, 0.29) is 13.2 Å². The van der Waals surface area contributed by atoms with Crippen LogP contribution >= 0.6 is 11.6 Å². The van der Waals surface area contributed by atoms with Crippen LogP contribution in [-0.2, 0) is 26.5 Å². The Balaban J connectivity index is 1.56. The highest BCUT2D eigenvalue weighted by Crippen LogP contribution is 2.49. The van der Waals surface area contributed by atoms with Crippen molar-refractivity contribution in [3.63, 3.8) is 0 Å². The molecule has 0 spiro atoms. The molecule has 9 nitrogen and oxygen atoms in total. The molecule has 2 aliphatic heterocycles. The number of hydrogen-bond donors (Lipinski definition) is 4. The molecule has 4 rings (SSSR count). The minimum Gasteiger partial charge on any atom is -0.488 e. The van der Waals surface area contributed by atoms with Crippen LogP contribution in [0.15, 0.2) is 47.6 Å². The van der Waals surface area contributed by atoms with Crippen molar-refractivity contribution >= 4 is 17.8 Å². The van der Waals surface area contributed by atoms with Crippen LogP contribution in [0.1, 0.15) is 16.7 Å². The molecule has 2 bridgehead atoms. The fraction of sp³-hybridized carbons (Fsp3) is 0.435. The summed E-state index contributed by atoms with van der Waals surface area (Å²) in [5, 5.41) is 45.4. The van der Waals surface area contributed by atoms with Gasteiger partial charge in [0.25, 0.3) is 0 Å². The molecule has 2 saturated heterocycles. The number of benzene rings is 2. The molecule has 178 valence electrons. The maximum absolute atomic E-state index is 10.7. The fourth-order valence-corrected chi connectivity index (χ4v) is 4.35. The van der Waals surface area contributed by atoms with Crippen LogP contribution in [-0.4, -0.2) is 77.5 Å². The number of fused-ring (bicyclic) bond motifs is 2. The third kappa shape index (κ3) is 4.33. The van der Waals surface area contributed by atoms with E-state index in [1.165, 1.54) is 13.3 Å². The van der Waals surface area contributed by atoms with E-state index >= 15 is 0 Å². The molecule has 0 saturated carbocycles. The van der Waals surface area contributed by atoms with E-state index in [0.717, 1.165) is 11.1 Å². The molecule has 0 amide bonds. The van der Waals surface area contributed by atoms with Gasteiger partial charge in [0.2, 0.25) is 5.79 Å². The summed E-state index contributed by atoms with van der Waals surface area (Å²) in [6.45, 7) is -0.486. The molecule has 2 heterocycles. The van der Waals surface area contributed by atoms with Crippen LogP contribution in [0.4, 0.5) is 0 Å². The molecule has 2 aromatic carbocycles. The highest BCUT2D eigenvalue weighted by molar-refractivity contribution is 6.31. The summed E-state index contributed by atoms with van der Waals surface area (Å²) in [5.74, 6) is -1.06. The van der Waals surface area contributed by atoms with Crippen molar-refractivity contribution in [1.82, 2.24) is 0 Å². The van der Waals surface area contributed by atoms with Crippen LogP contribution < -0.4 is 4.74 Å². The smallest absolute Gasteiger partial charge is 0.225 e. The van der Waals surface area contributed by atoms with Crippen molar-refractivity contribution in [2.75, 3.05) is 26.9 Å². The summed E-state index contributed by atoms with van der Waals surface area (Å²) in [6, 6.07) is 12.5. The molecule has 10 heteroatoms. The first-order chi connectivity index (χ1) is 15.8. The summed E-state index contributed by atoms with van der Waals surface area (Å²) < 4.78 is 17.2. The molecule has 2 aliphatic rings. The first-order valence-corrected chi connectivity index (χ1v) is 10.8. The summed E-state index contributed by atoms with van der Waals surface area (Å²) in [5.41, 5.74) is 0.600. The minimum atomic E-state index is -1.73. The predicted octanol–water partition coefficient (Wildman–Crippen LogP) is 0.969. The molecule has 2 fully saturated rings. The van der Waals surface area contributed by atoms with E-state index in [4.69, 9.17) is 25.8 Å². The van der Waals surface area contributed by atoms with Crippen molar-refractivity contribution in [1.29, 1.82) is 0 Å². The Hall–Kier alpha value is -2.24. The second kappa shape index (κ2) is 9.55. The zero-order chi connectivity index (χ0) is 23.6. The van der Waals surface area contributed by atoms with Crippen LogP contribution in [0.5, 0.6) is 5.75 Å². The minimum absolute atomic E-state index is 0.187. The Morgan fingerprint density at radius 3 is 2.61 bits per heavy atom. The Labute approximate surface area is 195 Å². The maximum Gasteiger partial charge on any atom is 0.225 e. The SMILES string of the molecule is CO/N=C/COc1ccc(Cc2cc([C@]34OC[C@](CO)(O3)[C@@H](O)[C@H](O)[C@H]4O)ccc2Cl)cc1. The van der Waals surface area contributed by atoms with Crippen molar-refractivity contribution in [3.8, 4) is 5.75 Å². The maximum atomic E-state index is 10.7. The first kappa shape index (κ1) is 23.9. The van der Waals surface area contributed by atoms with Gasteiger partial charge in [-0.3, -0.25) is 0 Å². The van der Waals surface area contributed by atoms with Crippen molar-refractivity contribution < 1.29 is 39.5 Å². The number of halogens is 1. The van der Waals surface area contributed by atoms with Gasteiger partial charge in [0, 0.05) is 10.6 Å². The van der Waals surface area contributed by atoms with Gasteiger partial charge in [-0.2, -0.15) is 0 Å². The average Bonchev–Trinajstić information content (AvgIpc) is 3.22. The number of rotatable bonds is 8. The number of oxime groups is 1. The summed E-state index contributed by atoms with van der Waals surface area (Å²) >= 11 is 6.43. The van der Waals surface area contributed by atoms with E-state index in [1.54, 1.807) is 18.2 Å². The summed E-state index contributed by atoms with van der Waals surface area (Å²) in [4.78, 5) is 4.58. The Bertz CT molecular complexity index is 1000. The standard InChI is InChI=1S/C23H26ClNO8/c1-30-25-8-9-31-17-5-2-14(3-6-17)10-15-11-16(4-7-18(15)24)23-21(29)19(27)20(28)22(12-26,33-23)13-32-23/h2-8,11,19-21,26-29H,9-10,12-13H2,1H3/b25-8+/t19-,20-,21+,22-,23-/m0/s1. The molecule has 5 atom stereocenters. The second-order valence-corrected chi connectivity index (χ2v) is 8.48. The first-order valence-electron chi connectivity index (χ1n) is 10.4. The summed E-state index contributed by atoms with van der Waals surface area (Å²) in [7, 11) is 1.46. The lowest BCUT2D eigenvalue weighted by Gasteiger charge is -2.46. The van der Waals surface area contributed by atoms with E-state index < -0.39 is 36.3 Å². The lowest BCUT2D eigenvalue weighted by Crippen LogP contribution is -2.65. The van der Waals surface area contributed by atoms with Gasteiger partial charge >= 0.3 is 0 Å². The van der Waals surface area contributed by atoms with Gasteiger partial charge in [0.1, 0.15) is 43.4 Å². The van der Waals surface area contributed by atoms with Crippen molar-refractivity contribution in [3.05, 3.63) is 64.2 Å². The van der Waals surface area contributed by atoms with Gasteiger partial charge in [-0.25, -0.2) is 0 Å². The summed E-state index contributed by atoms with van der Waals surface area (Å²) in [6.07, 6.45) is -2.65. The fourth-order valence-electron chi connectivity index (χ4n) is 4.16. The van der Waals surface area contributed by atoms with Gasteiger partial charge in [-0.1, -0.05) is 35.0 Å². The second-order valence-electron chi connectivity index (χ2n) is 8.07. The third-order valence-electron chi connectivity index (χ3n) is 6.00. The molecule has 0 unspecified atom stereocenters. The number of hydrogen-bond acceptors (Lipinski definition) is 9. The van der Waals surface area contributed by atoms with Crippen molar-refractivity contribution in [2.24, 2.45) is 5.16 Å². The topological polar surface area (TPSA) is 130 Å². The molecule has 4 N–H and O–H groups in total. The zero-order valence-corrected chi connectivity index (χ0v) is 18.7. The van der Waals surface area contributed by atoms with E-state index in [2.05, 4.69) is 9.99 Å². The van der Waals surface area contributed by atoms with Gasteiger partial charge in [-0.05, 0) is 41.8 Å². The quantitative estimate of drug-likeness (QED) is 0.325. The number of aliphatic hydroxyl groups is 4. The predicted molar refractivity (Wildman–Crippen MR) is 118 cm³/mol. The zero-order valence-electron chi connectivity index (χ0n) is 17.9. The van der Waals surface area contributed by atoms with E-state index in [0.29, 0.717) is 22.8 Å². The van der Waals surface area contributed by atoms with Crippen LogP contribution in [0.25, 0.3) is 0 Å². The Morgan fingerprint density at radius 1 is 1.15 bits per heavy atom. The lowest BCUT2D eigenvalue weighted by molar-refractivity contribution is -0.329. The third-order valence-corrected chi connectivity index (χ3v) is 6.37. The van der Waals surface area contributed by atoms with Gasteiger partial charge in [-0.15, -0.1) is 0 Å². The van der Waals surface area contributed by atoms with Gasteiger partial charge < -0.3 is 39.5 Å². The highest BCUT2D eigenvalue weighted by atomic mass is 35.5. The average molecular weight is 480 g/mol. The van der Waals surface area contributed by atoms with Crippen LogP contribution in [0.2, 0.25) is 5.02 Å². The monoisotopic (exact) mass is 479 g/mol. The number of ether oxygens (including phenoxy) is 3. The van der Waals surface area contributed by atoms with Crippen LogP contribution in [0.3, 0.4) is 0 Å². The number of aliphatic hydroxyl groups excluding tert-OH is 4. The molecule has 33 heavy (non-hydrogen) atoms. The molecule has 0 aromatic heterocycles. The Morgan fingerprint density at radius 2 is 1.91 bits per heavy atom. The molecule has 0 aliphatic carbocycles. The van der Waals surface area contributed by atoms with Gasteiger partial charge in [0.15, 0.2) is 0 Å².